The molecule has 152 valence electrons. The highest BCUT2D eigenvalue weighted by Gasteiger charge is 2.18. The van der Waals surface area contributed by atoms with Crippen molar-refractivity contribution in [1.82, 2.24) is 0 Å². The number of halogens is 1. The highest BCUT2D eigenvalue weighted by atomic mass is 35.5. The van der Waals surface area contributed by atoms with Crippen LogP contribution in [0.3, 0.4) is 0 Å². The minimum atomic E-state index is -3.85. The summed E-state index contributed by atoms with van der Waals surface area (Å²) in [5, 5.41) is 0.372. The second-order valence-electron chi connectivity index (χ2n) is 5.93. The lowest BCUT2D eigenvalue weighted by molar-refractivity contribution is 0.340. The smallest absolute Gasteiger partial charge is 0.262 e. The molecule has 1 N–H and O–H groups in total. The van der Waals surface area contributed by atoms with Crippen molar-refractivity contribution in [3.63, 3.8) is 0 Å². The molecular weight excluding hydrogens is 414 g/mol. The number of hydrogen-bond donors (Lipinski definition) is 1. The molecule has 0 bridgehead atoms. The SMILES string of the molecule is CCOc1ccc(S(=O)(=O)Nc2cc(Cl)ccc2Oc2ccc(OC)cc2)cc1. The lowest BCUT2D eigenvalue weighted by atomic mass is 10.3. The fourth-order valence-corrected chi connectivity index (χ4v) is 3.76. The summed E-state index contributed by atoms with van der Waals surface area (Å²) >= 11 is 6.07. The molecule has 0 saturated carbocycles. The summed E-state index contributed by atoms with van der Waals surface area (Å²) in [4.78, 5) is 0.0938. The fraction of sp³-hybridized carbons (Fsp3) is 0.143. The molecule has 3 aromatic rings. The Hall–Kier alpha value is -2.90. The second-order valence-corrected chi connectivity index (χ2v) is 8.05. The first-order valence-corrected chi connectivity index (χ1v) is 10.6. The van der Waals surface area contributed by atoms with Gasteiger partial charge in [0.15, 0.2) is 5.75 Å². The zero-order valence-electron chi connectivity index (χ0n) is 15.9. The highest BCUT2D eigenvalue weighted by molar-refractivity contribution is 7.92. The van der Waals surface area contributed by atoms with Crippen LogP contribution in [0.25, 0.3) is 0 Å². The van der Waals surface area contributed by atoms with Gasteiger partial charge in [-0.1, -0.05) is 11.6 Å². The van der Waals surface area contributed by atoms with Crippen LogP contribution >= 0.6 is 11.6 Å². The van der Waals surface area contributed by atoms with Crippen LogP contribution in [0.4, 0.5) is 5.69 Å². The zero-order valence-corrected chi connectivity index (χ0v) is 17.5. The zero-order chi connectivity index (χ0) is 20.9. The molecule has 8 heteroatoms. The molecule has 0 amide bonds. The van der Waals surface area contributed by atoms with Gasteiger partial charge >= 0.3 is 0 Å². The average Bonchev–Trinajstić information content (AvgIpc) is 2.71. The standard InChI is InChI=1S/C21H20ClNO5S/c1-3-27-17-9-11-19(12-10-17)29(24,25)23-20-14-15(22)4-13-21(20)28-18-7-5-16(26-2)6-8-18/h4-14,23H,3H2,1-2H3. The predicted octanol–water partition coefficient (Wildman–Crippen LogP) is 5.34. The summed E-state index contributed by atoms with van der Waals surface area (Å²) in [5.41, 5.74) is 0.224. The molecule has 0 radical (unpaired) electrons. The largest absolute Gasteiger partial charge is 0.497 e. The van der Waals surface area contributed by atoms with Crippen LogP contribution in [0.2, 0.25) is 5.02 Å². The van der Waals surface area contributed by atoms with E-state index in [4.69, 9.17) is 25.8 Å². The summed E-state index contributed by atoms with van der Waals surface area (Å²) in [7, 11) is -2.28. The van der Waals surface area contributed by atoms with Crippen molar-refractivity contribution in [1.29, 1.82) is 0 Å². The van der Waals surface area contributed by atoms with Gasteiger partial charge in [-0.25, -0.2) is 8.42 Å². The van der Waals surface area contributed by atoms with Crippen LogP contribution in [0.5, 0.6) is 23.0 Å². The van der Waals surface area contributed by atoms with Crippen molar-refractivity contribution in [3.8, 4) is 23.0 Å². The van der Waals surface area contributed by atoms with Crippen LogP contribution in [0, 0.1) is 0 Å². The number of methoxy groups -OCH3 is 1. The summed E-state index contributed by atoms with van der Waals surface area (Å²) in [6.45, 7) is 2.36. The Kier molecular flexibility index (Phi) is 6.51. The van der Waals surface area contributed by atoms with Crippen LogP contribution in [0.15, 0.2) is 71.6 Å². The molecule has 6 nitrogen and oxygen atoms in total. The molecule has 0 aliphatic rings. The highest BCUT2D eigenvalue weighted by Crippen LogP contribution is 2.34. The Bertz CT molecular complexity index is 1070. The van der Waals surface area contributed by atoms with E-state index in [1.54, 1.807) is 55.6 Å². The molecule has 3 aromatic carbocycles. The second kappa shape index (κ2) is 9.07. The number of hydrogen-bond acceptors (Lipinski definition) is 5. The van der Waals surface area contributed by atoms with Gasteiger partial charge in [-0.05, 0) is 73.7 Å². The van der Waals surface area contributed by atoms with Crippen molar-refractivity contribution in [2.45, 2.75) is 11.8 Å². The van der Waals surface area contributed by atoms with E-state index in [-0.39, 0.29) is 10.6 Å². The van der Waals surface area contributed by atoms with Crippen molar-refractivity contribution in [2.24, 2.45) is 0 Å². The van der Waals surface area contributed by atoms with Crippen LogP contribution in [-0.4, -0.2) is 22.1 Å². The molecule has 3 rings (SSSR count). The van der Waals surface area contributed by atoms with E-state index < -0.39 is 10.0 Å². The molecule has 0 aromatic heterocycles. The fourth-order valence-electron chi connectivity index (χ4n) is 2.53. The number of rotatable bonds is 8. The molecule has 0 unspecified atom stereocenters. The third-order valence-electron chi connectivity index (χ3n) is 3.92. The van der Waals surface area contributed by atoms with Gasteiger partial charge in [0, 0.05) is 5.02 Å². The molecule has 0 spiro atoms. The molecule has 0 fully saturated rings. The first-order chi connectivity index (χ1) is 13.9. The molecular formula is C21H20ClNO5S. The van der Waals surface area contributed by atoms with Crippen molar-refractivity contribution in [3.05, 3.63) is 71.8 Å². The number of ether oxygens (including phenoxy) is 3. The maximum atomic E-state index is 12.8. The number of benzene rings is 3. The number of sulfonamides is 1. The Morgan fingerprint density at radius 2 is 1.52 bits per heavy atom. The van der Waals surface area contributed by atoms with Crippen molar-refractivity contribution >= 4 is 27.3 Å². The van der Waals surface area contributed by atoms with E-state index in [1.807, 2.05) is 6.92 Å². The van der Waals surface area contributed by atoms with Gasteiger partial charge in [-0.2, -0.15) is 0 Å². The molecule has 0 aliphatic heterocycles. The summed E-state index contributed by atoms with van der Waals surface area (Å²) < 4.78 is 44.4. The summed E-state index contributed by atoms with van der Waals surface area (Å²) in [6.07, 6.45) is 0. The van der Waals surface area contributed by atoms with Gasteiger partial charge in [-0.15, -0.1) is 0 Å². The number of anilines is 1. The van der Waals surface area contributed by atoms with Gasteiger partial charge < -0.3 is 14.2 Å². The third kappa shape index (κ3) is 5.34. The Labute approximate surface area is 175 Å². The van der Waals surface area contributed by atoms with Crippen molar-refractivity contribution < 1.29 is 22.6 Å². The maximum absolute atomic E-state index is 12.8. The van der Waals surface area contributed by atoms with E-state index in [1.165, 1.54) is 18.2 Å². The number of nitrogens with one attached hydrogen (secondary N) is 1. The van der Waals surface area contributed by atoms with Crippen LogP contribution < -0.4 is 18.9 Å². The maximum Gasteiger partial charge on any atom is 0.262 e. The van der Waals surface area contributed by atoms with Crippen LogP contribution in [-0.2, 0) is 10.0 Å². The normalized spacial score (nSPS) is 11.0. The Morgan fingerprint density at radius 3 is 2.14 bits per heavy atom. The van der Waals surface area contributed by atoms with E-state index in [0.717, 1.165) is 0 Å². The van der Waals surface area contributed by atoms with E-state index in [0.29, 0.717) is 34.6 Å². The Balaban J connectivity index is 1.86. The molecule has 0 atom stereocenters. The van der Waals surface area contributed by atoms with Gasteiger partial charge in [0.25, 0.3) is 10.0 Å². The predicted molar refractivity (Wildman–Crippen MR) is 113 cm³/mol. The third-order valence-corrected chi connectivity index (χ3v) is 5.53. The van der Waals surface area contributed by atoms with Crippen molar-refractivity contribution in [2.75, 3.05) is 18.4 Å². The van der Waals surface area contributed by atoms with Gasteiger partial charge in [-0.3, -0.25) is 4.72 Å². The quantitative estimate of drug-likeness (QED) is 0.519. The minimum absolute atomic E-state index is 0.0938. The molecule has 0 heterocycles. The topological polar surface area (TPSA) is 73.9 Å². The lowest BCUT2D eigenvalue weighted by Gasteiger charge is -2.14. The van der Waals surface area contributed by atoms with Gasteiger partial charge in [0.1, 0.15) is 17.2 Å². The molecule has 29 heavy (non-hydrogen) atoms. The summed E-state index contributed by atoms with van der Waals surface area (Å²) in [5.74, 6) is 2.12. The molecule has 0 saturated heterocycles. The van der Waals surface area contributed by atoms with E-state index in [9.17, 15) is 8.42 Å². The van der Waals surface area contributed by atoms with E-state index >= 15 is 0 Å². The lowest BCUT2D eigenvalue weighted by Crippen LogP contribution is -2.13. The first kappa shape index (κ1) is 20.8. The van der Waals surface area contributed by atoms with Gasteiger partial charge in [0.2, 0.25) is 0 Å². The average molecular weight is 434 g/mol. The monoisotopic (exact) mass is 433 g/mol. The molecule has 0 aliphatic carbocycles. The first-order valence-electron chi connectivity index (χ1n) is 8.78. The summed E-state index contributed by atoms with van der Waals surface area (Å²) in [6, 6.07) is 17.8. The van der Waals surface area contributed by atoms with E-state index in [2.05, 4.69) is 4.72 Å². The van der Waals surface area contributed by atoms with Gasteiger partial charge in [0.05, 0.1) is 24.3 Å². The Morgan fingerprint density at radius 1 is 0.897 bits per heavy atom. The minimum Gasteiger partial charge on any atom is -0.497 e. The van der Waals surface area contributed by atoms with Crippen LogP contribution in [0.1, 0.15) is 6.92 Å².